The SMILES string of the molecule is CCCCCCCC(=O)OC(CO)C(O)C(=O)CCCCC. The van der Waals surface area contributed by atoms with Crippen molar-refractivity contribution in [3.63, 3.8) is 0 Å². The van der Waals surface area contributed by atoms with Gasteiger partial charge in [-0.1, -0.05) is 52.4 Å². The van der Waals surface area contributed by atoms with Crippen LogP contribution in [0.15, 0.2) is 0 Å². The summed E-state index contributed by atoms with van der Waals surface area (Å²) in [6, 6.07) is 0. The van der Waals surface area contributed by atoms with E-state index in [1.54, 1.807) is 0 Å². The molecule has 2 atom stereocenters. The molecule has 0 aliphatic rings. The predicted octanol–water partition coefficient (Wildman–Crippen LogP) is 2.76. The molecule has 0 aromatic rings. The molecule has 0 radical (unpaired) electrons. The zero-order valence-electron chi connectivity index (χ0n) is 14.1. The third-order valence-electron chi connectivity index (χ3n) is 3.66. The first kappa shape index (κ1) is 21.1. The minimum atomic E-state index is -1.43. The first-order chi connectivity index (χ1) is 10.6. The van der Waals surface area contributed by atoms with Gasteiger partial charge in [0.05, 0.1) is 6.61 Å². The highest BCUT2D eigenvalue weighted by molar-refractivity contribution is 5.83. The number of hydrogen-bond donors (Lipinski definition) is 2. The van der Waals surface area contributed by atoms with Gasteiger partial charge < -0.3 is 14.9 Å². The molecule has 2 unspecified atom stereocenters. The molecule has 2 N–H and O–H groups in total. The molecule has 22 heavy (non-hydrogen) atoms. The molecule has 0 amide bonds. The van der Waals surface area contributed by atoms with E-state index in [1.807, 2.05) is 6.92 Å². The van der Waals surface area contributed by atoms with Gasteiger partial charge in [-0.2, -0.15) is 0 Å². The lowest BCUT2D eigenvalue weighted by atomic mass is 10.0. The van der Waals surface area contributed by atoms with E-state index in [9.17, 15) is 19.8 Å². The minimum absolute atomic E-state index is 0.250. The number of rotatable bonds is 14. The lowest BCUT2D eigenvalue weighted by molar-refractivity contribution is -0.161. The molecular weight excluding hydrogens is 284 g/mol. The number of Topliss-reactive ketones (excluding diaryl/α,β-unsaturated/α-hetero) is 1. The molecule has 0 saturated heterocycles. The number of aliphatic hydroxyl groups is 2. The first-order valence-corrected chi connectivity index (χ1v) is 8.57. The normalized spacial score (nSPS) is 13.6. The van der Waals surface area contributed by atoms with Crippen molar-refractivity contribution in [3.05, 3.63) is 0 Å². The maximum Gasteiger partial charge on any atom is 0.306 e. The topological polar surface area (TPSA) is 83.8 Å². The molecule has 0 spiro atoms. The van der Waals surface area contributed by atoms with Crippen molar-refractivity contribution in [2.75, 3.05) is 6.61 Å². The Hall–Kier alpha value is -0.940. The standard InChI is InChI=1S/C17H32O5/c1-3-5-7-8-10-12-16(20)22-15(13-18)17(21)14(19)11-9-6-4-2/h15,17-18,21H,3-13H2,1-2H3. The van der Waals surface area contributed by atoms with Crippen molar-refractivity contribution in [1.82, 2.24) is 0 Å². The van der Waals surface area contributed by atoms with Crippen molar-refractivity contribution < 1.29 is 24.5 Å². The van der Waals surface area contributed by atoms with E-state index in [0.717, 1.165) is 44.9 Å². The number of aliphatic hydroxyl groups excluding tert-OH is 2. The van der Waals surface area contributed by atoms with Gasteiger partial charge in [0, 0.05) is 12.8 Å². The minimum Gasteiger partial charge on any atom is -0.457 e. The van der Waals surface area contributed by atoms with Crippen LogP contribution >= 0.6 is 0 Å². The summed E-state index contributed by atoms with van der Waals surface area (Å²) in [5, 5.41) is 19.1. The Bertz CT molecular complexity index is 303. The van der Waals surface area contributed by atoms with Crippen molar-refractivity contribution in [3.8, 4) is 0 Å². The van der Waals surface area contributed by atoms with Gasteiger partial charge in [-0.15, -0.1) is 0 Å². The highest BCUT2D eigenvalue weighted by Crippen LogP contribution is 2.10. The quantitative estimate of drug-likeness (QED) is 0.380. The molecular formula is C17H32O5. The third-order valence-corrected chi connectivity index (χ3v) is 3.66. The fraction of sp³-hybridized carbons (Fsp3) is 0.882. The van der Waals surface area contributed by atoms with Crippen LogP contribution < -0.4 is 0 Å². The second-order valence-electron chi connectivity index (χ2n) is 5.74. The van der Waals surface area contributed by atoms with E-state index in [-0.39, 0.29) is 18.6 Å². The summed E-state index contributed by atoms with van der Waals surface area (Å²) >= 11 is 0. The van der Waals surface area contributed by atoms with Crippen LogP contribution in [0.5, 0.6) is 0 Å². The third kappa shape index (κ3) is 9.90. The second-order valence-corrected chi connectivity index (χ2v) is 5.74. The Labute approximate surface area is 134 Å². The molecule has 0 rings (SSSR count). The number of esters is 1. The highest BCUT2D eigenvalue weighted by atomic mass is 16.6. The van der Waals surface area contributed by atoms with E-state index in [4.69, 9.17) is 4.74 Å². The number of carbonyl (C=O) groups is 2. The fourth-order valence-electron chi connectivity index (χ4n) is 2.21. The number of unbranched alkanes of at least 4 members (excludes halogenated alkanes) is 6. The average Bonchev–Trinajstić information content (AvgIpc) is 2.51. The Morgan fingerprint density at radius 1 is 0.909 bits per heavy atom. The smallest absolute Gasteiger partial charge is 0.306 e. The highest BCUT2D eigenvalue weighted by Gasteiger charge is 2.28. The van der Waals surface area contributed by atoms with E-state index in [0.29, 0.717) is 6.42 Å². The number of ether oxygens (including phenoxy) is 1. The molecule has 0 aliphatic carbocycles. The summed E-state index contributed by atoms with van der Waals surface area (Å²) < 4.78 is 5.04. The molecule has 0 aliphatic heterocycles. The monoisotopic (exact) mass is 316 g/mol. The van der Waals surface area contributed by atoms with E-state index >= 15 is 0 Å². The molecule has 130 valence electrons. The van der Waals surface area contributed by atoms with Crippen LogP contribution in [0, 0.1) is 0 Å². The van der Waals surface area contributed by atoms with E-state index < -0.39 is 24.8 Å². The first-order valence-electron chi connectivity index (χ1n) is 8.57. The van der Waals surface area contributed by atoms with Gasteiger partial charge in [0.25, 0.3) is 0 Å². The van der Waals surface area contributed by atoms with Gasteiger partial charge in [-0.3, -0.25) is 9.59 Å². The summed E-state index contributed by atoms with van der Waals surface area (Å²) in [7, 11) is 0. The van der Waals surface area contributed by atoms with E-state index in [2.05, 4.69) is 6.92 Å². The Kier molecular flexibility index (Phi) is 13.1. The maximum absolute atomic E-state index is 11.8. The number of carbonyl (C=O) groups excluding carboxylic acids is 2. The summed E-state index contributed by atoms with van der Waals surface area (Å²) in [4.78, 5) is 23.5. The zero-order chi connectivity index (χ0) is 16.8. The van der Waals surface area contributed by atoms with Gasteiger partial charge in [0.1, 0.15) is 0 Å². The summed E-state index contributed by atoms with van der Waals surface area (Å²) in [5.41, 5.74) is 0. The summed E-state index contributed by atoms with van der Waals surface area (Å²) in [6.45, 7) is 3.61. The Morgan fingerprint density at radius 2 is 1.45 bits per heavy atom. The molecule has 0 bridgehead atoms. The lowest BCUT2D eigenvalue weighted by Crippen LogP contribution is -2.40. The molecule has 0 fully saturated rings. The average molecular weight is 316 g/mol. The van der Waals surface area contributed by atoms with Crippen molar-refractivity contribution in [2.45, 2.75) is 90.3 Å². The van der Waals surface area contributed by atoms with Crippen LogP contribution in [0.2, 0.25) is 0 Å². The second kappa shape index (κ2) is 13.7. The molecule has 0 aromatic carbocycles. The molecule has 5 nitrogen and oxygen atoms in total. The maximum atomic E-state index is 11.8. The largest absolute Gasteiger partial charge is 0.457 e. The van der Waals surface area contributed by atoms with Crippen LogP contribution in [-0.4, -0.2) is 40.8 Å². The van der Waals surface area contributed by atoms with Crippen LogP contribution in [-0.2, 0) is 14.3 Å². The van der Waals surface area contributed by atoms with E-state index in [1.165, 1.54) is 0 Å². The predicted molar refractivity (Wildman–Crippen MR) is 85.5 cm³/mol. The van der Waals surface area contributed by atoms with Crippen LogP contribution in [0.3, 0.4) is 0 Å². The van der Waals surface area contributed by atoms with Crippen molar-refractivity contribution in [2.24, 2.45) is 0 Å². The zero-order valence-corrected chi connectivity index (χ0v) is 14.1. The molecule has 5 heteroatoms. The fourth-order valence-corrected chi connectivity index (χ4v) is 2.21. The van der Waals surface area contributed by atoms with Crippen LogP contribution in [0.1, 0.15) is 78.1 Å². The number of ketones is 1. The Morgan fingerprint density at radius 3 is 2.05 bits per heavy atom. The summed E-state index contributed by atoms with van der Waals surface area (Å²) in [5.74, 6) is -0.834. The van der Waals surface area contributed by atoms with Crippen LogP contribution in [0.25, 0.3) is 0 Å². The summed E-state index contributed by atoms with van der Waals surface area (Å²) in [6.07, 6.45) is 5.63. The van der Waals surface area contributed by atoms with Crippen LogP contribution in [0.4, 0.5) is 0 Å². The molecule has 0 heterocycles. The van der Waals surface area contributed by atoms with Crippen molar-refractivity contribution >= 4 is 11.8 Å². The van der Waals surface area contributed by atoms with Gasteiger partial charge >= 0.3 is 5.97 Å². The molecule has 0 saturated carbocycles. The van der Waals surface area contributed by atoms with Crippen molar-refractivity contribution in [1.29, 1.82) is 0 Å². The lowest BCUT2D eigenvalue weighted by Gasteiger charge is -2.20. The molecule has 0 aromatic heterocycles. The number of hydrogen-bond acceptors (Lipinski definition) is 5. The van der Waals surface area contributed by atoms with Gasteiger partial charge in [-0.05, 0) is 12.8 Å². The van der Waals surface area contributed by atoms with Gasteiger partial charge in [0.2, 0.25) is 0 Å². The van der Waals surface area contributed by atoms with Gasteiger partial charge in [0.15, 0.2) is 18.0 Å². The van der Waals surface area contributed by atoms with Gasteiger partial charge in [-0.25, -0.2) is 0 Å². The Balaban J connectivity index is 4.05.